The number of rotatable bonds is 15. The van der Waals surface area contributed by atoms with Crippen molar-refractivity contribution in [2.75, 3.05) is 6.61 Å². The molecule has 2 aromatic carbocycles. The lowest BCUT2D eigenvalue weighted by Gasteiger charge is -2.33. The van der Waals surface area contributed by atoms with Gasteiger partial charge in [0.25, 0.3) is 5.34 Å². The number of thiophene rings is 1. The zero-order valence-electron chi connectivity index (χ0n) is 24.8. The quantitative estimate of drug-likeness (QED) is 0.0911. The van der Waals surface area contributed by atoms with Gasteiger partial charge in [0, 0.05) is 6.92 Å². The molecule has 2 amide bonds. The van der Waals surface area contributed by atoms with Gasteiger partial charge in [-0.1, -0.05) is 73.0 Å². The van der Waals surface area contributed by atoms with Crippen molar-refractivity contribution in [3.63, 3.8) is 0 Å². The third kappa shape index (κ3) is 9.41. The topological polar surface area (TPSA) is 189 Å². The van der Waals surface area contributed by atoms with Crippen LogP contribution in [0.4, 0.5) is 4.79 Å². The van der Waals surface area contributed by atoms with E-state index in [2.05, 4.69) is 10.6 Å². The maximum atomic E-state index is 13.7. The molecule has 240 valence electrons. The summed E-state index contributed by atoms with van der Waals surface area (Å²) in [4.78, 5) is 50.3. The molecule has 1 aromatic heterocycles. The molecule has 0 radical (unpaired) electrons. The van der Waals surface area contributed by atoms with E-state index >= 15 is 0 Å². The maximum Gasteiger partial charge on any atom is 0.410 e. The van der Waals surface area contributed by atoms with Gasteiger partial charge in [-0.05, 0) is 45.5 Å². The smallest absolute Gasteiger partial charge is 0.410 e. The van der Waals surface area contributed by atoms with E-state index in [-0.39, 0.29) is 12.0 Å². The molecule has 0 saturated carbocycles. The summed E-state index contributed by atoms with van der Waals surface area (Å²) in [5.74, 6) is -5.28. The largest absolute Gasteiger partial charge is 0.480 e. The van der Waals surface area contributed by atoms with E-state index in [1.807, 2.05) is 29.0 Å². The summed E-state index contributed by atoms with van der Waals surface area (Å²) in [5, 5.41) is 37.2. The Balaban J connectivity index is 2.02. The van der Waals surface area contributed by atoms with Crippen molar-refractivity contribution >= 4 is 43.7 Å². The number of carbonyl (C=O) groups is 4. The summed E-state index contributed by atoms with van der Waals surface area (Å²) in [6.07, 6.45) is -2.70. The predicted molar refractivity (Wildman–Crippen MR) is 167 cm³/mol. The van der Waals surface area contributed by atoms with Gasteiger partial charge < -0.3 is 35.4 Å². The van der Waals surface area contributed by atoms with Crippen molar-refractivity contribution in [2.24, 2.45) is 11.8 Å². The zero-order valence-corrected chi connectivity index (χ0v) is 26.7. The van der Waals surface area contributed by atoms with Gasteiger partial charge in [-0.25, -0.2) is 9.59 Å². The number of hydrogen-bond donors (Lipinski definition) is 5. The van der Waals surface area contributed by atoms with Crippen LogP contribution in [-0.4, -0.2) is 63.5 Å². The van der Waals surface area contributed by atoms with E-state index in [9.17, 15) is 39.1 Å². The average Bonchev–Trinajstić information content (AvgIpc) is 3.56. The van der Waals surface area contributed by atoms with Crippen LogP contribution < -0.4 is 10.6 Å². The fraction of sp³-hybridized carbons (Fsp3) is 0.355. The number of nitrogens with one attached hydrogen (secondary N) is 2. The highest BCUT2D eigenvalue weighted by Gasteiger charge is 2.57. The molecular weight excluding hydrogens is 623 g/mol. The second kappa shape index (κ2) is 16.2. The number of aliphatic carboxylic acids is 1. The predicted octanol–water partition coefficient (Wildman–Crippen LogP) is 3.86. The lowest BCUT2D eigenvalue weighted by Crippen LogP contribution is -2.55. The Morgan fingerprint density at radius 2 is 1.60 bits per heavy atom. The zero-order chi connectivity index (χ0) is 33.1. The monoisotopic (exact) mass is 659 g/mol. The molecule has 45 heavy (non-hydrogen) atoms. The van der Waals surface area contributed by atoms with Gasteiger partial charge in [0.1, 0.15) is 18.0 Å². The van der Waals surface area contributed by atoms with Gasteiger partial charge in [0.2, 0.25) is 12.2 Å². The number of benzene rings is 2. The number of carboxylic acids is 1. The fourth-order valence-corrected chi connectivity index (χ4v) is 5.85. The maximum absolute atomic E-state index is 13.7. The second-order valence-corrected chi connectivity index (χ2v) is 12.3. The van der Waals surface area contributed by atoms with Crippen molar-refractivity contribution in [3.05, 3.63) is 82.6 Å². The summed E-state index contributed by atoms with van der Waals surface area (Å²) < 4.78 is 23.2. The van der Waals surface area contributed by atoms with Crippen molar-refractivity contribution in [2.45, 2.75) is 50.9 Å². The average molecular weight is 660 g/mol. The first-order chi connectivity index (χ1) is 21.4. The number of hydrogen-bond acceptors (Lipinski definition) is 10. The molecule has 3 aromatic rings. The van der Waals surface area contributed by atoms with E-state index < -0.39 is 74.6 Å². The standard InChI is InChI=1S/C31H35N2O10PS/c1-18(2)29(38)42-19(3)43-30(39)33-26(22-7-5-4-6-8-22)31(40,44-41)24(27(35)32-25(16-34)28(36)37)15-20-9-11-21(12-10-20)23-13-14-45-17-23/h4-14,17-19,24-26,34,40H,15-16H2,1-3H3,(H,32,35)(H,33,39)(H,36,37)/p+1. The molecule has 0 aliphatic rings. The number of alkyl carbamates (subject to hydrolysis) is 1. The normalized spacial score (nSPS) is 15.2. The summed E-state index contributed by atoms with van der Waals surface area (Å²) in [6.45, 7) is 3.57. The van der Waals surface area contributed by atoms with Crippen LogP contribution in [0.15, 0.2) is 71.4 Å². The van der Waals surface area contributed by atoms with Gasteiger partial charge in [0.15, 0.2) is 0 Å². The molecule has 0 saturated heterocycles. The van der Waals surface area contributed by atoms with Crippen LogP contribution in [0.3, 0.4) is 0 Å². The Morgan fingerprint density at radius 1 is 0.933 bits per heavy atom. The van der Waals surface area contributed by atoms with Crippen LogP contribution in [0, 0.1) is 11.8 Å². The first-order valence-corrected chi connectivity index (χ1v) is 15.8. The minimum absolute atomic E-state index is 0.234. The molecule has 0 spiro atoms. The fourth-order valence-electron chi connectivity index (χ4n) is 4.45. The summed E-state index contributed by atoms with van der Waals surface area (Å²) in [6, 6.07) is 13.6. The van der Waals surface area contributed by atoms with Crippen LogP contribution in [0.25, 0.3) is 11.1 Å². The highest BCUT2D eigenvalue weighted by atomic mass is 32.1. The van der Waals surface area contributed by atoms with Crippen molar-refractivity contribution in [1.82, 2.24) is 10.6 Å². The van der Waals surface area contributed by atoms with E-state index in [0.717, 1.165) is 11.1 Å². The van der Waals surface area contributed by atoms with Gasteiger partial charge >= 0.3 is 26.5 Å². The van der Waals surface area contributed by atoms with Gasteiger partial charge in [0.05, 0.1) is 12.5 Å². The first-order valence-electron chi connectivity index (χ1n) is 14.0. The minimum Gasteiger partial charge on any atom is -0.480 e. The Kier molecular flexibility index (Phi) is 12.7. The van der Waals surface area contributed by atoms with E-state index in [4.69, 9.17) is 9.47 Å². The van der Waals surface area contributed by atoms with E-state index in [1.165, 1.54) is 30.4 Å². The van der Waals surface area contributed by atoms with Crippen LogP contribution in [0.1, 0.15) is 37.9 Å². The molecule has 0 aliphatic heterocycles. The molecule has 3 rings (SSSR count). The lowest BCUT2D eigenvalue weighted by atomic mass is 9.85. The summed E-state index contributed by atoms with van der Waals surface area (Å²) >= 11 is 1.53. The van der Waals surface area contributed by atoms with Crippen LogP contribution in [-0.2, 0) is 34.8 Å². The molecule has 5 N–H and O–H groups in total. The Hall–Kier alpha value is -4.16. The molecular formula is C31H36N2O10PS+. The lowest BCUT2D eigenvalue weighted by molar-refractivity contribution is -0.169. The number of aliphatic hydroxyl groups is 2. The Bertz CT molecular complexity index is 1450. The number of carboxylic acid groups (broad SMARTS) is 1. The second-order valence-electron chi connectivity index (χ2n) is 10.5. The number of esters is 1. The van der Waals surface area contributed by atoms with Gasteiger partial charge in [-0.3, -0.25) is 9.59 Å². The van der Waals surface area contributed by atoms with Crippen LogP contribution in [0.2, 0.25) is 0 Å². The third-order valence-corrected chi connectivity index (χ3v) is 8.57. The van der Waals surface area contributed by atoms with Gasteiger partial charge in [-0.15, -0.1) is 0 Å². The van der Waals surface area contributed by atoms with E-state index in [0.29, 0.717) is 5.56 Å². The van der Waals surface area contributed by atoms with Crippen LogP contribution >= 0.6 is 19.8 Å². The van der Waals surface area contributed by atoms with E-state index in [1.54, 1.807) is 44.2 Å². The SMILES string of the molecule is CC(OC(=O)NC(c1ccccc1)C(O)([PH+]=O)C(Cc1ccc(-c2ccsc2)cc1)C(=O)NC(CO)C(=O)O)OC(=O)C(C)C. The minimum atomic E-state index is -2.53. The number of amides is 2. The summed E-state index contributed by atoms with van der Waals surface area (Å²) in [7, 11) is -1.63. The molecule has 6 atom stereocenters. The van der Waals surface area contributed by atoms with Crippen molar-refractivity contribution in [3.8, 4) is 11.1 Å². The molecule has 14 heteroatoms. The Morgan fingerprint density at radius 3 is 2.13 bits per heavy atom. The molecule has 0 bridgehead atoms. The van der Waals surface area contributed by atoms with Gasteiger partial charge in [-0.2, -0.15) is 11.3 Å². The molecule has 0 aliphatic carbocycles. The summed E-state index contributed by atoms with van der Waals surface area (Å²) in [5.41, 5.74) is 2.65. The highest BCUT2D eigenvalue weighted by molar-refractivity contribution is 7.25. The highest BCUT2D eigenvalue weighted by Crippen LogP contribution is 2.43. The number of carbonyl (C=O) groups excluding carboxylic acids is 3. The van der Waals surface area contributed by atoms with Crippen molar-refractivity contribution in [1.29, 1.82) is 0 Å². The Labute approximate surface area is 265 Å². The molecule has 1 heterocycles. The molecule has 6 unspecified atom stereocenters. The number of ether oxygens (including phenoxy) is 2. The first kappa shape index (κ1) is 35.3. The molecule has 0 fully saturated rings. The number of aliphatic hydroxyl groups excluding tert-OH is 1. The third-order valence-electron chi connectivity index (χ3n) is 6.92. The van der Waals surface area contributed by atoms with Crippen LogP contribution in [0.5, 0.6) is 0 Å². The van der Waals surface area contributed by atoms with Crippen molar-refractivity contribution < 1.29 is 48.5 Å². The molecule has 12 nitrogen and oxygen atoms in total.